The zero-order chi connectivity index (χ0) is 61.7. The second-order valence-electron chi connectivity index (χ2n) is 24.1. The van der Waals surface area contributed by atoms with Crippen LogP contribution < -0.4 is 92.9 Å². The first-order valence-electron chi connectivity index (χ1n) is 28.9. The highest BCUT2D eigenvalue weighted by atomic mass is 32.2. The van der Waals surface area contributed by atoms with Crippen LogP contribution in [0.2, 0.25) is 0 Å². The Morgan fingerprint density at radius 1 is 0.386 bits per heavy atom. The van der Waals surface area contributed by atoms with Gasteiger partial charge >= 0.3 is 0 Å². The minimum atomic E-state index is -0.721. The van der Waals surface area contributed by atoms with Crippen LogP contribution in [0.15, 0.2) is 180 Å². The Labute approximate surface area is 539 Å². The van der Waals surface area contributed by atoms with Crippen LogP contribution in [-0.2, 0) is 5.41 Å². The number of rotatable bonds is 7. The van der Waals surface area contributed by atoms with E-state index in [1.165, 1.54) is 0 Å². The lowest BCUT2D eigenvalue weighted by molar-refractivity contribution is 0.591. The van der Waals surface area contributed by atoms with Crippen molar-refractivity contribution in [3.05, 3.63) is 192 Å². The quantitative estimate of drug-likeness (QED) is 0.204. The molecular weight excluding hydrogens is 1060 g/mol. The average molecular weight is 1100 g/mol. The smallest absolute Gasteiger partial charge is 0.245 e. The Hall–Kier alpha value is -7.46. The van der Waals surface area contributed by atoms with Gasteiger partial charge in [-0.05, 0) is 119 Å². The summed E-state index contributed by atoms with van der Waals surface area (Å²) in [4.78, 5) is 2.07. The fraction of sp³-hybridized carbons (Fsp3) is 0.0704. The van der Waals surface area contributed by atoms with E-state index in [0.29, 0.717) is 44.2 Å². The van der Waals surface area contributed by atoms with E-state index >= 15 is 0 Å². The molecule has 0 N–H and O–H groups in total. The number of fused-ring (bicyclic) bond motifs is 7. The lowest BCUT2D eigenvalue weighted by Gasteiger charge is -2.40. The second kappa shape index (κ2) is 21.7. The number of hydrogen-bond acceptors (Lipinski definition) is 1. The van der Waals surface area contributed by atoms with Crippen molar-refractivity contribution in [2.24, 2.45) is 0 Å². The van der Waals surface area contributed by atoms with Gasteiger partial charge in [-0.1, -0.05) is 221 Å². The van der Waals surface area contributed by atoms with E-state index in [0.717, 1.165) is 92.8 Å². The van der Waals surface area contributed by atoms with Gasteiger partial charge in [-0.25, -0.2) is 0 Å². The average Bonchev–Trinajstić information content (AvgIpc) is 1.08. The molecule has 0 saturated carbocycles. The number of hydrogen-bond donors (Lipinski definition) is 0. The van der Waals surface area contributed by atoms with Crippen LogP contribution in [0.1, 0.15) is 48.9 Å². The molecule has 1 aromatic heterocycles. The maximum absolute atomic E-state index is 7.27. The summed E-state index contributed by atoms with van der Waals surface area (Å²) >= 11 is 1.70. The third kappa shape index (κ3) is 8.89. The first-order chi connectivity index (χ1) is 42.2. The van der Waals surface area contributed by atoms with Crippen molar-refractivity contribution in [1.82, 2.24) is 4.57 Å². The predicted octanol–water partition coefficient (Wildman–Crippen LogP) is 0.00380. The van der Waals surface area contributed by atoms with Gasteiger partial charge in [0.15, 0.2) is 0 Å². The van der Waals surface area contributed by atoms with Crippen LogP contribution in [0.25, 0.3) is 83.1 Å². The van der Waals surface area contributed by atoms with Gasteiger partial charge in [0.1, 0.15) is 110 Å². The van der Waals surface area contributed by atoms with Gasteiger partial charge < -0.3 is 4.57 Å². The minimum absolute atomic E-state index is 0.0645. The molecule has 0 spiro atoms. The summed E-state index contributed by atoms with van der Waals surface area (Å²) < 4.78 is 2.16. The highest BCUT2D eigenvalue weighted by Gasteiger charge is 2.44. The van der Waals surface area contributed by atoms with Crippen LogP contribution in [0.5, 0.6) is 0 Å². The molecule has 0 saturated heterocycles. The zero-order valence-corrected chi connectivity index (χ0v) is 49.6. The van der Waals surface area contributed by atoms with Gasteiger partial charge in [0.2, 0.25) is 6.71 Å². The Balaban J connectivity index is 1.17. The molecule has 1 unspecified atom stereocenters. The third-order valence-corrected chi connectivity index (χ3v) is 19.4. The summed E-state index contributed by atoms with van der Waals surface area (Å²) in [5, 5.41) is 1.55. The Bertz CT molecular complexity index is 4850. The van der Waals surface area contributed by atoms with Gasteiger partial charge in [0, 0.05) is 32.3 Å². The highest BCUT2D eigenvalue weighted by Crippen LogP contribution is 2.48. The first-order valence-corrected chi connectivity index (χ1v) is 29.7. The maximum Gasteiger partial charge on any atom is 0.245 e. The topological polar surface area (TPSA) is 4.93 Å². The first kappa shape index (κ1) is 58.2. The van der Waals surface area contributed by atoms with E-state index in [2.05, 4.69) is 165 Å². The molecule has 12 aromatic rings. The SMILES string of the molecule is [B]c1c([B])c([B])c(-c2cccc(-c3c([B])c([B])c([B])c([B])c3[B])c2C2c3ccc(-c4ccccc4)cc3B3c4cc(-c5ccccc5-c5ccccc5)ccc4Sc4cc(-n5c6ccc(C(C)(C)C)cc6c6c([B])c([B])c([B])c([B])c65)cc2c43)c([B])c1[B]. The van der Waals surface area contributed by atoms with Gasteiger partial charge in [-0.3, -0.25) is 0 Å². The molecule has 0 aliphatic carbocycles. The predicted molar refractivity (Wildman–Crippen MR) is 391 cm³/mol. The Morgan fingerprint density at radius 3 is 1.48 bits per heavy atom. The Morgan fingerprint density at radius 2 is 0.886 bits per heavy atom. The van der Waals surface area contributed by atoms with Crippen molar-refractivity contribution in [1.29, 1.82) is 0 Å². The highest BCUT2D eigenvalue weighted by molar-refractivity contribution is 8.00. The van der Waals surface area contributed by atoms with E-state index in [1.807, 2.05) is 30.3 Å². The van der Waals surface area contributed by atoms with E-state index in [1.54, 1.807) is 11.8 Å². The molecule has 0 bridgehead atoms. The van der Waals surface area contributed by atoms with Gasteiger partial charge in [0.05, 0.1) is 5.52 Å². The summed E-state index contributed by atoms with van der Waals surface area (Å²) in [6.07, 6.45) is 0. The van der Waals surface area contributed by atoms with E-state index in [-0.39, 0.29) is 83.1 Å². The molecule has 378 valence electrons. The van der Waals surface area contributed by atoms with Crippen LogP contribution in [-0.4, -0.2) is 121 Å². The molecule has 2 aliphatic heterocycles. The van der Waals surface area contributed by atoms with Crippen molar-refractivity contribution >= 4 is 243 Å². The zero-order valence-electron chi connectivity index (χ0n) is 48.8. The lowest BCUT2D eigenvalue weighted by Crippen LogP contribution is -2.60. The minimum Gasteiger partial charge on any atom is -0.310 e. The molecule has 3 heterocycles. The molecule has 88 heavy (non-hydrogen) atoms. The molecule has 11 aromatic carbocycles. The number of benzene rings is 11. The largest absolute Gasteiger partial charge is 0.310 e. The van der Waals surface area contributed by atoms with E-state index < -0.39 is 5.92 Å². The van der Waals surface area contributed by atoms with Crippen LogP contribution in [0, 0.1) is 0 Å². The van der Waals surface area contributed by atoms with Crippen molar-refractivity contribution < 1.29 is 0 Å². The molecule has 17 heteroatoms. The standard InChI is InChI=1S/C71H38B15NS/c1-71(2,3)36-23-25-47-43(29-36)54-59(76)64(81)67(84)68(85)70(54)87(47)37-30-44-50(51-41(52-55(72)60(77)65(82)61(78)56(52)73)19-12-20-42(51)53-57(74)62(79)66(83)63(80)58(53)75)40-24-21-34(32-13-6-4-7-14-32)27-45(40)86-46-28-35(22-26-48(46)88-49(31-37)69(44)86)39-18-11-10-17-38(39)33-15-8-5-9-16-33/h4-31,50H,1-3H3. The van der Waals surface area contributed by atoms with Crippen LogP contribution in [0.4, 0.5) is 0 Å². The summed E-state index contributed by atoms with van der Waals surface area (Å²) in [6, 6.07) is 59.7. The van der Waals surface area contributed by atoms with Crippen LogP contribution >= 0.6 is 11.8 Å². The number of nitrogens with zero attached hydrogens (tertiary/aromatic N) is 1. The van der Waals surface area contributed by atoms with Gasteiger partial charge in [-0.15, -0.1) is 43.7 Å². The molecular formula is C71H38B15NS. The molecule has 0 amide bonds. The molecule has 1 nitrogen and oxygen atoms in total. The van der Waals surface area contributed by atoms with Gasteiger partial charge in [0.25, 0.3) is 0 Å². The van der Waals surface area contributed by atoms with E-state index in [4.69, 9.17) is 110 Å². The lowest BCUT2D eigenvalue weighted by atomic mass is 9.32. The van der Waals surface area contributed by atoms with Crippen molar-refractivity contribution in [2.45, 2.75) is 41.9 Å². The van der Waals surface area contributed by atoms with E-state index in [9.17, 15) is 0 Å². The van der Waals surface area contributed by atoms with Crippen molar-refractivity contribution in [3.63, 3.8) is 0 Å². The van der Waals surface area contributed by atoms with Crippen molar-refractivity contribution in [2.75, 3.05) is 0 Å². The summed E-state index contributed by atoms with van der Waals surface area (Å²) in [7, 11) is 97.3. The fourth-order valence-corrected chi connectivity index (χ4v) is 14.9. The monoisotopic (exact) mass is 1100 g/mol. The normalized spacial score (nSPS) is 13.4. The van der Waals surface area contributed by atoms with Crippen molar-refractivity contribution in [3.8, 4) is 61.3 Å². The second-order valence-corrected chi connectivity index (χ2v) is 25.2. The maximum atomic E-state index is 7.27. The summed E-state index contributed by atoms with van der Waals surface area (Å²) in [6.45, 7) is 6.18. The molecule has 14 rings (SSSR count). The molecule has 28 radical (unpaired) electrons. The summed E-state index contributed by atoms with van der Waals surface area (Å²) in [5.74, 6) is -0.721. The molecule has 0 fully saturated rings. The van der Waals surface area contributed by atoms with Gasteiger partial charge in [-0.2, -0.15) is 0 Å². The van der Waals surface area contributed by atoms with Crippen LogP contribution in [0.3, 0.4) is 0 Å². The Kier molecular flexibility index (Phi) is 14.3. The third-order valence-electron chi connectivity index (χ3n) is 18.3. The number of aromatic nitrogens is 1. The molecule has 1 atom stereocenters. The summed E-state index contributed by atoms with van der Waals surface area (Å²) in [5.41, 5.74) is 19.1. The molecule has 2 aliphatic rings. The fourth-order valence-electron chi connectivity index (χ4n) is 13.7.